The van der Waals surface area contributed by atoms with Crippen molar-refractivity contribution in [2.24, 2.45) is 0 Å². The van der Waals surface area contributed by atoms with E-state index in [4.69, 9.17) is 9.47 Å². The third kappa shape index (κ3) is 5.25. The lowest BCUT2D eigenvalue weighted by Gasteiger charge is -2.35. The van der Waals surface area contributed by atoms with Gasteiger partial charge in [-0.3, -0.25) is 4.79 Å². The molecule has 2 saturated heterocycles. The summed E-state index contributed by atoms with van der Waals surface area (Å²) in [6.45, 7) is 2.88. The number of hydrogen-bond donors (Lipinski definition) is 1. The average Bonchev–Trinajstić information content (AvgIpc) is 2.96. The van der Waals surface area contributed by atoms with Crippen LogP contribution < -0.4 is 14.8 Å². The lowest BCUT2D eigenvalue weighted by atomic mass is 9.98. The maximum Gasteiger partial charge on any atom is 0.260 e. The van der Waals surface area contributed by atoms with Gasteiger partial charge >= 0.3 is 0 Å². The number of likely N-dealkylation sites (N-methyl/N-ethyl adjacent to an activating group) is 1. The molecule has 0 saturated carbocycles. The molecular formula is C19H29ClN2O3. The van der Waals surface area contributed by atoms with E-state index in [0.717, 1.165) is 25.0 Å². The smallest absolute Gasteiger partial charge is 0.260 e. The highest BCUT2D eigenvalue weighted by molar-refractivity contribution is 5.85. The summed E-state index contributed by atoms with van der Waals surface area (Å²) in [4.78, 5) is 14.3. The van der Waals surface area contributed by atoms with E-state index < -0.39 is 0 Å². The van der Waals surface area contributed by atoms with Crippen LogP contribution in [-0.4, -0.2) is 49.2 Å². The maximum absolute atomic E-state index is 12.4. The summed E-state index contributed by atoms with van der Waals surface area (Å²) in [5, 5.41) is 3.61. The Morgan fingerprint density at radius 3 is 2.24 bits per heavy atom. The molecule has 1 amide bonds. The zero-order valence-corrected chi connectivity index (χ0v) is 15.9. The van der Waals surface area contributed by atoms with Gasteiger partial charge in [0.05, 0.1) is 6.61 Å². The largest absolute Gasteiger partial charge is 0.494 e. The van der Waals surface area contributed by atoms with Crippen LogP contribution in [0.5, 0.6) is 11.5 Å². The second-order valence-electron chi connectivity index (χ2n) is 6.88. The van der Waals surface area contributed by atoms with Gasteiger partial charge in [-0.05, 0) is 56.4 Å². The van der Waals surface area contributed by atoms with Gasteiger partial charge in [0.1, 0.15) is 11.5 Å². The van der Waals surface area contributed by atoms with Gasteiger partial charge in [0.15, 0.2) is 6.61 Å². The van der Waals surface area contributed by atoms with Gasteiger partial charge in [-0.1, -0.05) is 6.92 Å². The summed E-state index contributed by atoms with van der Waals surface area (Å²) in [6.07, 6.45) is 5.58. The van der Waals surface area contributed by atoms with E-state index in [0.29, 0.717) is 30.5 Å². The van der Waals surface area contributed by atoms with Crippen molar-refractivity contribution in [3.05, 3.63) is 24.3 Å². The van der Waals surface area contributed by atoms with E-state index in [1.165, 1.54) is 12.8 Å². The number of benzene rings is 1. The minimum absolute atomic E-state index is 0. The number of rotatable bonds is 7. The molecule has 1 aromatic rings. The molecule has 2 fully saturated rings. The quantitative estimate of drug-likeness (QED) is 0.803. The van der Waals surface area contributed by atoms with Crippen LogP contribution >= 0.6 is 12.4 Å². The van der Waals surface area contributed by atoms with Gasteiger partial charge in [0.25, 0.3) is 5.91 Å². The van der Waals surface area contributed by atoms with E-state index in [1.807, 2.05) is 36.2 Å². The van der Waals surface area contributed by atoms with Crippen molar-refractivity contribution in [2.75, 3.05) is 20.3 Å². The maximum atomic E-state index is 12.4. The molecule has 5 nitrogen and oxygen atoms in total. The topological polar surface area (TPSA) is 50.8 Å². The van der Waals surface area contributed by atoms with Crippen LogP contribution in [-0.2, 0) is 4.79 Å². The predicted molar refractivity (Wildman–Crippen MR) is 101 cm³/mol. The van der Waals surface area contributed by atoms with Crippen molar-refractivity contribution in [1.29, 1.82) is 0 Å². The van der Waals surface area contributed by atoms with Crippen LogP contribution in [0, 0.1) is 0 Å². The summed E-state index contributed by atoms with van der Waals surface area (Å²) in [5.41, 5.74) is 0. The minimum atomic E-state index is 0. The fraction of sp³-hybridized carbons (Fsp3) is 0.632. The Labute approximate surface area is 156 Å². The summed E-state index contributed by atoms with van der Waals surface area (Å²) in [6, 6.07) is 8.96. The molecule has 25 heavy (non-hydrogen) atoms. The number of hydrogen-bond acceptors (Lipinski definition) is 4. The van der Waals surface area contributed by atoms with Crippen LogP contribution in [0.15, 0.2) is 24.3 Å². The van der Waals surface area contributed by atoms with Crippen molar-refractivity contribution in [3.63, 3.8) is 0 Å². The number of fused-ring (bicyclic) bond motifs is 2. The molecule has 0 spiro atoms. The van der Waals surface area contributed by atoms with E-state index >= 15 is 0 Å². The Morgan fingerprint density at radius 2 is 1.68 bits per heavy atom. The molecule has 2 aliphatic rings. The monoisotopic (exact) mass is 368 g/mol. The third-order valence-corrected chi connectivity index (χ3v) is 5.05. The normalized spacial score (nSPS) is 24.3. The van der Waals surface area contributed by atoms with Crippen molar-refractivity contribution < 1.29 is 14.3 Å². The first-order valence-corrected chi connectivity index (χ1v) is 9.03. The van der Waals surface area contributed by atoms with Gasteiger partial charge in [-0.15, -0.1) is 12.4 Å². The van der Waals surface area contributed by atoms with Gasteiger partial charge in [-0.25, -0.2) is 0 Å². The van der Waals surface area contributed by atoms with E-state index in [2.05, 4.69) is 12.2 Å². The first-order valence-electron chi connectivity index (χ1n) is 9.03. The van der Waals surface area contributed by atoms with Crippen molar-refractivity contribution in [1.82, 2.24) is 10.2 Å². The highest BCUT2D eigenvalue weighted by Gasteiger charge is 2.36. The number of piperidine rings is 1. The standard InChI is InChI=1S/C19H28N2O3.ClH/c1-3-10-23-17-6-8-18(9-7-17)24-13-19(22)21(2)16-11-14-4-5-15(12-16)20-14;/h6-9,14-16,20H,3-5,10-13H2,1-2H3;1H. The third-order valence-electron chi connectivity index (χ3n) is 5.05. The fourth-order valence-electron chi connectivity index (χ4n) is 3.65. The highest BCUT2D eigenvalue weighted by atomic mass is 35.5. The van der Waals surface area contributed by atoms with E-state index in [-0.39, 0.29) is 24.9 Å². The average molecular weight is 369 g/mol. The molecule has 3 rings (SSSR count). The number of nitrogens with one attached hydrogen (secondary N) is 1. The Kier molecular flexibility index (Phi) is 7.38. The van der Waals surface area contributed by atoms with Crippen LogP contribution in [0.25, 0.3) is 0 Å². The Bertz CT molecular complexity index is 540. The SMILES string of the molecule is CCCOc1ccc(OCC(=O)N(C)C2CC3CCC(C2)N3)cc1.Cl. The Hall–Kier alpha value is -1.46. The van der Waals surface area contributed by atoms with Crippen LogP contribution in [0.2, 0.25) is 0 Å². The van der Waals surface area contributed by atoms with Gasteiger partial charge in [-0.2, -0.15) is 0 Å². The fourth-order valence-corrected chi connectivity index (χ4v) is 3.65. The molecule has 0 aromatic heterocycles. The first-order chi connectivity index (χ1) is 11.7. The zero-order valence-electron chi connectivity index (χ0n) is 15.1. The van der Waals surface area contributed by atoms with Gasteiger partial charge in [0.2, 0.25) is 0 Å². The van der Waals surface area contributed by atoms with Crippen LogP contribution in [0.4, 0.5) is 0 Å². The molecule has 140 valence electrons. The number of carbonyl (C=O) groups is 1. The molecule has 6 heteroatoms. The number of nitrogens with zero attached hydrogens (tertiary/aromatic N) is 1. The molecule has 1 N–H and O–H groups in total. The molecule has 0 radical (unpaired) electrons. The highest BCUT2D eigenvalue weighted by Crippen LogP contribution is 2.29. The second kappa shape index (κ2) is 9.30. The molecule has 2 aliphatic heterocycles. The van der Waals surface area contributed by atoms with E-state index in [9.17, 15) is 4.79 Å². The molecule has 2 unspecified atom stereocenters. The number of carbonyl (C=O) groups excluding carboxylic acids is 1. The molecule has 2 heterocycles. The van der Waals surface area contributed by atoms with Crippen LogP contribution in [0.3, 0.4) is 0 Å². The zero-order chi connectivity index (χ0) is 16.9. The number of ether oxygens (including phenoxy) is 2. The van der Waals surface area contributed by atoms with E-state index in [1.54, 1.807) is 0 Å². The predicted octanol–water partition coefficient (Wildman–Crippen LogP) is 3.02. The summed E-state index contributed by atoms with van der Waals surface area (Å²) in [5.74, 6) is 1.58. The molecule has 1 aromatic carbocycles. The Morgan fingerprint density at radius 1 is 1.12 bits per heavy atom. The second-order valence-corrected chi connectivity index (χ2v) is 6.88. The molecule has 2 bridgehead atoms. The van der Waals surface area contributed by atoms with Crippen molar-refractivity contribution >= 4 is 18.3 Å². The molecular weight excluding hydrogens is 340 g/mol. The number of amides is 1. The van der Waals surface area contributed by atoms with Gasteiger partial charge in [0, 0.05) is 25.2 Å². The Balaban J connectivity index is 0.00000225. The molecule has 0 aliphatic carbocycles. The lowest BCUT2D eigenvalue weighted by Crippen LogP contribution is -2.49. The van der Waals surface area contributed by atoms with Crippen molar-refractivity contribution in [2.45, 2.75) is 57.2 Å². The minimum Gasteiger partial charge on any atom is -0.494 e. The molecule has 2 atom stereocenters. The first kappa shape index (κ1) is 19.9. The lowest BCUT2D eigenvalue weighted by molar-refractivity contribution is -0.134. The summed E-state index contributed by atoms with van der Waals surface area (Å²) in [7, 11) is 1.91. The van der Waals surface area contributed by atoms with Crippen molar-refractivity contribution in [3.8, 4) is 11.5 Å². The summed E-state index contributed by atoms with van der Waals surface area (Å²) < 4.78 is 11.2. The van der Waals surface area contributed by atoms with Gasteiger partial charge < -0.3 is 19.7 Å². The van der Waals surface area contributed by atoms with Crippen LogP contribution in [0.1, 0.15) is 39.0 Å². The summed E-state index contributed by atoms with van der Waals surface area (Å²) >= 11 is 0. The number of halogens is 1.